The predicted molar refractivity (Wildman–Crippen MR) is 73.4 cm³/mol. The smallest absolute Gasteiger partial charge is 0.165 e. The minimum atomic E-state index is -0.321. The van der Waals surface area contributed by atoms with Crippen molar-refractivity contribution < 1.29 is 14.3 Å². The molecule has 0 aromatic heterocycles. The van der Waals surface area contributed by atoms with Gasteiger partial charge in [-0.2, -0.15) is 0 Å². The highest BCUT2D eigenvalue weighted by Crippen LogP contribution is 2.39. The molecule has 2 atom stereocenters. The number of para-hydroxylation sites is 1. The number of methoxy groups -OCH3 is 2. The van der Waals surface area contributed by atoms with Gasteiger partial charge in [0.05, 0.1) is 14.2 Å². The predicted octanol–water partition coefficient (Wildman–Crippen LogP) is 2.46. The average molecular weight is 263 g/mol. The Kier molecular flexibility index (Phi) is 4.43. The highest BCUT2D eigenvalue weighted by Gasteiger charge is 2.31. The van der Waals surface area contributed by atoms with E-state index in [0.717, 1.165) is 24.8 Å². The zero-order valence-electron chi connectivity index (χ0n) is 11.5. The fourth-order valence-electron chi connectivity index (χ4n) is 2.78. The van der Waals surface area contributed by atoms with Crippen molar-refractivity contribution in [3.63, 3.8) is 0 Å². The molecule has 1 aliphatic carbocycles. The van der Waals surface area contributed by atoms with Gasteiger partial charge in [-0.1, -0.05) is 18.6 Å². The van der Waals surface area contributed by atoms with Crippen molar-refractivity contribution in [2.45, 2.75) is 31.7 Å². The molecule has 1 saturated carbocycles. The third kappa shape index (κ3) is 2.73. The maximum Gasteiger partial charge on any atom is 0.165 e. The summed E-state index contributed by atoms with van der Waals surface area (Å²) in [6, 6.07) is 5.30. The molecule has 104 valence electrons. The molecular weight excluding hydrogens is 242 g/mol. The lowest BCUT2D eigenvalue weighted by molar-refractivity contribution is -0.125. The van der Waals surface area contributed by atoms with Crippen molar-refractivity contribution in [3.8, 4) is 11.5 Å². The number of hydrogen-bond donors (Lipinski definition) is 1. The van der Waals surface area contributed by atoms with E-state index in [2.05, 4.69) is 0 Å². The minimum Gasteiger partial charge on any atom is -0.493 e. The number of hydrogen-bond acceptors (Lipinski definition) is 4. The normalized spacial score (nSPS) is 21.0. The number of rotatable bonds is 4. The number of ketones is 1. The first kappa shape index (κ1) is 13.9. The van der Waals surface area contributed by atoms with E-state index >= 15 is 0 Å². The van der Waals surface area contributed by atoms with Gasteiger partial charge in [-0.15, -0.1) is 0 Å². The molecule has 0 amide bonds. The second kappa shape index (κ2) is 6.06. The van der Waals surface area contributed by atoms with Crippen molar-refractivity contribution in [1.82, 2.24) is 0 Å². The number of carbonyl (C=O) groups excluding carboxylic acids is 1. The highest BCUT2D eigenvalue weighted by atomic mass is 16.5. The Labute approximate surface area is 113 Å². The maximum absolute atomic E-state index is 12.0. The van der Waals surface area contributed by atoms with Crippen molar-refractivity contribution in [3.05, 3.63) is 23.8 Å². The SMILES string of the molecule is COc1cccc([C@@H](N)[C@H]2CCCCC2=O)c1OC. The van der Waals surface area contributed by atoms with Crippen LogP contribution < -0.4 is 15.2 Å². The van der Waals surface area contributed by atoms with Gasteiger partial charge < -0.3 is 15.2 Å². The van der Waals surface area contributed by atoms with Crippen LogP contribution in [0.3, 0.4) is 0 Å². The van der Waals surface area contributed by atoms with Crippen molar-refractivity contribution in [2.24, 2.45) is 11.7 Å². The molecule has 0 radical (unpaired) electrons. The topological polar surface area (TPSA) is 61.5 Å². The minimum absolute atomic E-state index is 0.102. The van der Waals surface area contributed by atoms with E-state index in [9.17, 15) is 4.79 Å². The van der Waals surface area contributed by atoms with Crippen LogP contribution in [0, 0.1) is 5.92 Å². The van der Waals surface area contributed by atoms with Gasteiger partial charge in [0.25, 0.3) is 0 Å². The standard InChI is InChI=1S/C15H21NO3/c1-18-13-9-5-7-11(15(13)19-2)14(16)10-6-3-4-8-12(10)17/h5,7,9-10,14H,3-4,6,8,16H2,1-2H3/t10-,14-/m0/s1. The summed E-state index contributed by atoms with van der Waals surface area (Å²) in [5.74, 6) is 1.45. The molecule has 0 unspecified atom stereocenters. The number of nitrogens with two attached hydrogens (primary N) is 1. The van der Waals surface area contributed by atoms with Crippen LogP contribution in [0.4, 0.5) is 0 Å². The first-order chi connectivity index (χ1) is 9.19. The molecule has 1 aromatic rings. The fraction of sp³-hybridized carbons (Fsp3) is 0.533. The van der Waals surface area contributed by atoms with Crippen LogP contribution in [0.2, 0.25) is 0 Å². The monoisotopic (exact) mass is 263 g/mol. The molecular formula is C15H21NO3. The number of Topliss-reactive ketones (excluding diaryl/α,β-unsaturated/α-hetero) is 1. The molecule has 1 aliphatic rings. The molecule has 0 aliphatic heterocycles. The van der Waals surface area contributed by atoms with E-state index in [1.54, 1.807) is 14.2 Å². The molecule has 4 heteroatoms. The van der Waals surface area contributed by atoms with Crippen molar-refractivity contribution in [1.29, 1.82) is 0 Å². The van der Waals surface area contributed by atoms with Gasteiger partial charge in [0, 0.05) is 23.9 Å². The Morgan fingerprint density at radius 3 is 2.68 bits per heavy atom. The zero-order chi connectivity index (χ0) is 13.8. The number of benzene rings is 1. The largest absolute Gasteiger partial charge is 0.493 e. The highest BCUT2D eigenvalue weighted by molar-refractivity contribution is 5.82. The number of ether oxygens (including phenoxy) is 2. The summed E-state index contributed by atoms with van der Waals surface area (Å²) in [5.41, 5.74) is 7.15. The van der Waals surface area contributed by atoms with Crippen molar-refractivity contribution in [2.75, 3.05) is 14.2 Å². The maximum atomic E-state index is 12.0. The fourth-order valence-corrected chi connectivity index (χ4v) is 2.78. The van der Waals surface area contributed by atoms with Gasteiger partial charge in [0.15, 0.2) is 11.5 Å². The molecule has 19 heavy (non-hydrogen) atoms. The van der Waals surface area contributed by atoms with Crippen LogP contribution >= 0.6 is 0 Å². The Balaban J connectivity index is 2.32. The van der Waals surface area contributed by atoms with Gasteiger partial charge in [0.1, 0.15) is 5.78 Å². The summed E-state index contributed by atoms with van der Waals surface area (Å²) in [4.78, 5) is 12.0. The Bertz CT molecular complexity index is 459. The second-order valence-corrected chi connectivity index (χ2v) is 4.93. The Morgan fingerprint density at radius 1 is 1.26 bits per heavy atom. The van der Waals surface area contributed by atoms with E-state index in [4.69, 9.17) is 15.2 Å². The van der Waals surface area contributed by atoms with Crippen LogP contribution in [0.15, 0.2) is 18.2 Å². The quantitative estimate of drug-likeness (QED) is 0.906. The van der Waals surface area contributed by atoms with E-state index < -0.39 is 0 Å². The average Bonchev–Trinajstić information content (AvgIpc) is 2.46. The summed E-state index contributed by atoms with van der Waals surface area (Å²) in [7, 11) is 3.19. The lowest BCUT2D eigenvalue weighted by Gasteiger charge is -2.27. The Hall–Kier alpha value is -1.55. The summed E-state index contributed by atoms with van der Waals surface area (Å²) in [6.07, 6.45) is 3.55. The van der Waals surface area contributed by atoms with Crippen LogP contribution in [0.25, 0.3) is 0 Å². The molecule has 0 spiro atoms. The van der Waals surface area contributed by atoms with E-state index in [1.807, 2.05) is 18.2 Å². The molecule has 0 saturated heterocycles. The Morgan fingerprint density at radius 2 is 2.05 bits per heavy atom. The van der Waals surface area contributed by atoms with Crippen molar-refractivity contribution >= 4 is 5.78 Å². The summed E-state index contributed by atoms with van der Waals surface area (Å²) < 4.78 is 10.7. The third-order valence-corrected chi connectivity index (χ3v) is 3.83. The zero-order valence-corrected chi connectivity index (χ0v) is 11.5. The second-order valence-electron chi connectivity index (χ2n) is 4.93. The van der Waals surface area contributed by atoms with Gasteiger partial charge in [-0.05, 0) is 18.9 Å². The van der Waals surface area contributed by atoms with Crippen LogP contribution in [0.1, 0.15) is 37.3 Å². The van der Waals surface area contributed by atoms with Crippen LogP contribution in [-0.4, -0.2) is 20.0 Å². The summed E-state index contributed by atoms with van der Waals surface area (Å²) in [5, 5.41) is 0. The number of carbonyl (C=O) groups is 1. The van der Waals surface area contributed by atoms with E-state index in [-0.39, 0.29) is 17.7 Å². The molecule has 1 fully saturated rings. The van der Waals surface area contributed by atoms with E-state index in [1.165, 1.54) is 0 Å². The lowest BCUT2D eigenvalue weighted by atomic mass is 9.80. The molecule has 2 rings (SSSR count). The molecule has 0 heterocycles. The van der Waals surface area contributed by atoms with Gasteiger partial charge >= 0.3 is 0 Å². The molecule has 4 nitrogen and oxygen atoms in total. The van der Waals surface area contributed by atoms with Gasteiger partial charge in [-0.25, -0.2) is 0 Å². The lowest BCUT2D eigenvalue weighted by Crippen LogP contribution is -2.31. The summed E-state index contributed by atoms with van der Waals surface area (Å²) >= 11 is 0. The molecule has 0 bridgehead atoms. The van der Waals surface area contributed by atoms with Gasteiger partial charge in [0.2, 0.25) is 0 Å². The molecule has 1 aromatic carbocycles. The van der Waals surface area contributed by atoms with Gasteiger partial charge in [-0.3, -0.25) is 4.79 Å². The van der Waals surface area contributed by atoms with Crippen LogP contribution in [-0.2, 0) is 4.79 Å². The first-order valence-corrected chi connectivity index (χ1v) is 6.68. The van der Waals surface area contributed by atoms with Crippen LogP contribution in [0.5, 0.6) is 11.5 Å². The molecule has 2 N–H and O–H groups in total. The summed E-state index contributed by atoms with van der Waals surface area (Å²) in [6.45, 7) is 0. The first-order valence-electron chi connectivity index (χ1n) is 6.68. The van der Waals surface area contributed by atoms with E-state index in [0.29, 0.717) is 17.9 Å². The third-order valence-electron chi connectivity index (χ3n) is 3.83.